The fourth-order valence-electron chi connectivity index (χ4n) is 3.35. The van der Waals surface area contributed by atoms with Gasteiger partial charge >= 0.3 is 0 Å². The summed E-state index contributed by atoms with van der Waals surface area (Å²) in [6.07, 6.45) is 10.7. The molecule has 4 nitrogen and oxygen atoms in total. The van der Waals surface area contributed by atoms with Crippen molar-refractivity contribution in [3.63, 3.8) is 0 Å². The summed E-state index contributed by atoms with van der Waals surface area (Å²) in [5, 5.41) is 4.48. The van der Waals surface area contributed by atoms with Gasteiger partial charge in [-0.25, -0.2) is 0 Å². The molecule has 0 radical (unpaired) electrons. The molecule has 0 spiro atoms. The zero-order chi connectivity index (χ0) is 14.5. The van der Waals surface area contributed by atoms with Crippen molar-refractivity contribution in [3.05, 3.63) is 18.0 Å². The van der Waals surface area contributed by atoms with Crippen LogP contribution in [0.25, 0.3) is 0 Å². The molecule has 1 aromatic heterocycles. The van der Waals surface area contributed by atoms with Crippen molar-refractivity contribution >= 4 is 0 Å². The molecule has 1 fully saturated rings. The highest BCUT2D eigenvalue weighted by atomic mass is 15.3. The SMILES string of the molecule is CCCC1CCCCN1C(CN)c1cnn(C(C)C)c1. The molecule has 0 saturated carbocycles. The maximum absolute atomic E-state index is 6.10. The minimum absolute atomic E-state index is 0.333. The Morgan fingerprint density at radius 2 is 2.20 bits per heavy atom. The van der Waals surface area contributed by atoms with Gasteiger partial charge in [-0.05, 0) is 39.7 Å². The number of nitrogens with zero attached hydrogens (tertiary/aromatic N) is 3. The number of nitrogens with two attached hydrogens (primary N) is 1. The van der Waals surface area contributed by atoms with Gasteiger partial charge in [0.05, 0.1) is 12.2 Å². The van der Waals surface area contributed by atoms with Gasteiger partial charge in [-0.15, -0.1) is 0 Å². The summed E-state index contributed by atoms with van der Waals surface area (Å²) < 4.78 is 2.04. The van der Waals surface area contributed by atoms with Crippen LogP contribution in [0.3, 0.4) is 0 Å². The minimum atomic E-state index is 0.333. The first kappa shape index (κ1) is 15.5. The summed E-state index contributed by atoms with van der Waals surface area (Å²) in [7, 11) is 0. The van der Waals surface area contributed by atoms with E-state index in [0.29, 0.717) is 24.7 Å². The molecule has 1 aliphatic heterocycles. The van der Waals surface area contributed by atoms with E-state index in [9.17, 15) is 0 Å². The Morgan fingerprint density at radius 3 is 2.80 bits per heavy atom. The number of piperidine rings is 1. The number of hydrogen-bond donors (Lipinski definition) is 1. The van der Waals surface area contributed by atoms with Crippen LogP contribution in [0.2, 0.25) is 0 Å². The maximum Gasteiger partial charge on any atom is 0.0538 e. The second-order valence-electron chi connectivity index (χ2n) is 6.28. The third kappa shape index (κ3) is 3.41. The summed E-state index contributed by atoms with van der Waals surface area (Å²) in [5.41, 5.74) is 7.38. The van der Waals surface area contributed by atoms with Crippen LogP contribution < -0.4 is 5.73 Å². The highest BCUT2D eigenvalue weighted by Gasteiger charge is 2.29. The summed E-state index contributed by atoms with van der Waals surface area (Å²) in [6, 6.07) is 1.44. The minimum Gasteiger partial charge on any atom is -0.329 e. The van der Waals surface area contributed by atoms with Gasteiger partial charge in [0, 0.05) is 30.4 Å². The molecule has 0 aliphatic carbocycles. The van der Waals surface area contributed by atoms with E-state index in [2.05, 4.69) is 37.0 Å². The molecule has 2 N–H and O–H groups in total. The quantitative estimate of drug-likeness (QED) is 0.869. The molecule has 2 heterocycles. The molecule has 0 aromatic carbocycles. The van der Waals surface area contributed by atoms with Gasteiger partial charge in [-0.2, -0.15) is 5.10 Å². The van der Waals surface area contributed by atoms with Crippen molar-refractivity contribution < 1.29 is 0 Å². The van der Waals surface area contributed by atoms with Crippen LogP contribution in [0.1, 0.15) is 70.5 Å². The average Bonchev–Trinajstić information content (AvgIpc) is 2.92. The largest absolute Gasteiger partial charge is 0.329 e. The van der Waals surface area contributed by atoms with Crippen LogP contribution >= 0.6 is 0 Å². The molecular weight excluding hydrogens is 248 g/mol. The summed E-state index contributed by atoms with van der Waals surface area (Å²) in [4.78, 5) is 2.63. The molecule has 0 amide bonds. The van der Waals surface area contributed by atoms with E-state index < -0.39 is 0 Å². The zero-order valence-corrected chi connectivity index (χ0v) is 13.3. The Labute approximate surface area is 123 Å². The standard InChI is InChI=1S/C16H30N4/c1-4-7-15-8-5-6-9-19(15)16(10-17)14-11-18-20(12-14)13(2)3/h11-13,15-16H,4-10,17H2,1-3H3. The Bertz CT molecular complexity index is 397. The van der Waals surface area contributed by atoms with Crippen LogP contribution in [0.4, 0.5) is 0 Å². The lowest BCUT2D eigenvalue weighted by Crippen LogP contribution is -2.44. The van der Waals surface area contributed by atoms with Crippen LogP contribution in [0.15, 0.2) is 12.4 Å². The molecular formula is C16H30N4. The molecule has 0 bridgehead atoms. The molecule has 20 heavy (non-hydrogen) atoms. The Kier molecular flexibility index (Phi) is 5.61. The molecule has 1 saturated heterocycles. The fourth-order valence-corrected chi connectivity index (χ4v) is 3.35. The third-order valence-corrected chi connectivity index (χ3v) is 4.45. The molecule has 1 aromatic rings. The Morgan fingerprint density at radius 1 is 1.40 bits per heavy atom. The van der Waals surface area contributed by atoms with E-state index in [4.69, 9.17) is 5.73 Å². The molecule has 2 atom stereocenters. The van der Waals surface area contributed by atoms with E-state index in [1.54, 1.807) is 0 Å². The normalized spacial score (nSPS) is 22.4. The van der Waals surface area contributed by atoms with Crippen LogP contribution in [-0.4, -0.2) is 33.8 Å². The average molecular weight is 278 g/mol. The third-order valence-electron chi connectivity index (χ3n) is 4.45. The van der Waals surface area contributed by atoms with Crippen molar-refractivity contribution in [3.8, 4) is 0 Å². The molecule has 114 valence electrons. The van der Waals surface area contributed by atoms with Crippen molar-refractivity contribution in [2.75, 3.05) is 13.1 Å². The van der Waals surface area contributed by atoms with Crippen LogP contribution in [-0.2, 0) is 0 Å². The van der Waals surface area contributed by atoms with Gasteiger partial charge in [0.25, 0.3) is 0 Å². The number of aromatic nitrogens is 2. The van der Waals surface area contributed by atoms with Gasteiger partial charge in [-0.1, -0.05) is 19.8 Å². The summed E-state index contributed by atoms with van der Waals surface area (Å²) in [6.45, 7) is 8.47. The lowest BCUT2D eigenvalue weighted by atomic mass is 9.94. The lowest BCUT2D eigenvalue weighted by molar-refractivity contribution is 0.0912. The number of rotatable bonds is 6. The predicted octanol–water partition coefficient (Wildman–Crippen LogP) is 3.12. The Hall–Kier alpha value is -0.870. The number of likely N-dealkylation sites (tertiary alicyclic amines) is 1. The second kappa shape index (κ2) is 7.23. The zero-order valence-electron chi connectivity index (χ0n) is 13.3. The predicted molar refractivity (Wildman–Crippen MR) is 83.7 cm³/mol. The van der Waals surface area contributed by atoms with Crippen LogP contribution in [0.5, 0.6) is 0 Å². The van der Waals surface area contributed by atoms with Crippen molar-refractivity contribution in [2.45, 2.75) is 71.0 Å². The summed E-state index contributed by atoms with van der Waals surface area (Å²) >= 11 is 0. The monoisotopic (exact) mass is 278 g/mol. The van der Waals surface area contributed by atoms with E-state index in [-0.39, 0.29) is 0 Å². The Balaban J connectivity index is 2.15. The molecule has 1 aliphatic rings. The van der Waals surface area contributed by atoms with Crippen LogP contribution in [0, 0.1) is 0 Å². The molecule has 2 rings (SSSR count). The first-order valence-electron chi connectivity index (χ1n) is 8.17. The van der Waals surface area contributed by atoms with Gasteiger partial charge in [0.2, 0.25) is 0 Å². The van der Waals surface area contributed by atoms with E-state index in [0.717, 1.165) is 0 Å². The second-order valence-corrected chi connectivity index (χ2v) is 6.28. The van der Waals surface area contributed by atoms with Gasteiger partial charge in [0.1, 0.15) is 0 Å². The van der Waals surface area contributed by atoms with E-state index in [1.165, 1.54) is 44.2 Å². The van der Waals surface area contributed by atoms with Gasteiger partial charge in [-0.3, -0.25) is 9.58 Å². The highest BCUT2D eigenvalue weighted by molar-refractivity contribution is 5.12. The van der Waals surface area contributed by atoms with Crippen molar-refractivity contribution in [1.82, 2.24) is 14.7 Å². The summed E-state index contributed by atoms with van der Waals surface area (Å²) in [5.74, 6) is 0. The topological polar surface area (TPSA) is 47.1 Å². The first-order valence-corrected chi connectivity index (χ1v) is 8.17. The van der Waals surface area contributed by atoms with E-state index in [1.807, 2.05) is 10.9 Å². The van der Waals surface area contributed by atoms with Crippen molar-refractivity contribution in [1.29, 1.82) is 0 Å². The molecule has 4 heteroatoms. The van der Waals surface area contributed by atoms with Gasteiger partial charge < -0.3 is 5.73 Å². The lowest BCUT2D eigenvalue weighted by Gasteiger charge is -2.40. The molecule has 2 unspecified atom stereocenters. The fraction of sp³-hybridized carbons (Fsp3) is 0.812. The first-order chi connectivity index (χ1) is 9.67. The highest BCUT2D eigenvalue weighted by Crippen LogP contribution is 2.30. The maximum atomic E-state index is 6.10. The van der Waals surface area contributed by atoms with E-state index >= 15 is 0 Å². The van der Waals surface area contributed by atoms with Gasteiger partial charge in [0.15, 0.2) is 0 Å². The number of hydrogen-bond acceptors (Lipinski definition) is 3. The smallest absolute Gasteiger partial charge is 0.0538 e. The van der Waals surface area contributed by atoms with Crippen molar-refractivity contribution in [2.24, 2.45) is 5.73 Å².